The van der Waals surface area contributed by atoms with Gasteiger partial charge in [-0.05, 0) is 0 Å². The molecule has 0 radical (unpaired) electrons. The third-order valence-electron chi connectivity index (χ3n) is 0.518. The predicted molar refractivity (Wildman–Crippen MR) is 28.8 cm³/mol. The van der Waals surface area contributed by atoms with E-state index in [1.165, 1.54) is 0 Å². The molecular weight excluding hydrogens is 180 g/mol. The molecule has 0 rings (SSSR count). The van der Waals surface area contributed by atoms with E-state index in [-0.39, 0.29) is 0 Å². The molecular formula is C2H8O8Si. The van der Waals surface area contributed by atoms with E-state index in [0.717, 1.165) is 0 Å². The lowest BCUT2D eigenvalue weighted by atomic mass is 11.4. The van der Waals surface area contributed by atoms with Gasteiger partial charge in [-0.3, -0.25) is 0 Å². The van der Waals surface area contributed by atoms with E-state index < -0.39 is 22.0 Å². The standard InChI is InChI=1S/C2H8O8Si/c3-1(4)9-11(7,8)10-2(5)6/h1-8H. The van der Waals surface area contributed by atoms with E-state index in [1.54, 1.807) is 0 Å². The molecule has 0 heterocycles. The van der Waals surface area contributed by atoms with Crippen molar-refractivity contribution in [1.29, 1.82) is 0 Å². The van der Waals surface area contributed by atoms with Crippen LogP contribution in [0.3, 0.4) is 0 Å². The lowest BCUT2D eigenvalue weighted by Gasteiger charge is -2.18. The maximum Gasteiger partial charge on any atom is 0.681 e. The molecule has 0 aliphatic heterocycles. The lowest BCUT2D eigenvalue weighted by Crippen LogP contribution is -2.48. The van der Waals surface area contributed by atoms with E-state index in [0.29, 0.717) is 0 Å². The molecule has 11 heavy (non-hydrogen) atoms. The van der Waals surface area contributed by atoms with E-state index >= 15 is 0 Å². The molecule has 6 N–H and O–H groups in total. The SMILES string of the molecule is OC(O)O[Si](O)(O)OC(O)O. The van der Waals surface area contributed by atoms with Gasteiger partial charge < -0.3 is 38.9 Å². The van der Waals surface area contributed by atoms with E-state index in [2.05, 4.69) is 8.85 Å². The maximum atomic E-state index is 8.47. The van der Waals surface area contributed by atoms with E-state index in [1.807, 2.05) is 0 Å². The Kier molecular flexibility index (Phi) is 4.02. The first-order chi connectivity index (χ1) is 4.83. The van der Waals surface area contributed by atoms with Crippen LogP contribution in [0.25, 0.3) is 0 Å². The average Bonchev–Trinajstić information content (AvgIpc) is 1.53. The minimum absolute atomic E-state index is 2.45. The Morgan fingerprint density at radius 1 is 0.818 bits per heavy atom. The summed E-state index contributed by atoms with van der Waals surface area (Å²) in [7, 11) is -4.83. The molecule has 0 aromatic heterocycles. The Balaban J connectivity index is 3.79. The summed E-state index contributed by atoms with van der Waals surface area (Å²) in [5, 5.41) is 32.0. The third kappa shape index (κ3) is 6.30. The molecule has 0 saturated carbocycles. The topological polar surface area (TPSA) is 140 Å². The highest BCUT2D eigenvalue weighted by Crippen LogP contribution is 2.01. The molecule has 0 aromatic rings. The van der Waals surface area contributed by atoms with Crippen LogP contribution in [0.5, 0.6) is 0 Å². The summed E-state index contributed by atoms with van der Waals surface area (Å²) in [5.74, 6) is 0. The number of hydrogen-bond donors (Lipinski definition) is 6. The smallest absolute Gasteiger partial charge is 0.367 e. The van der Waals surface area contributed by atoms with Crippen molar-refractivity contribution in [1.82, 2.24) is 0 Å². The van der Waals surface area contributed by atoms with Gasteiger partial charge in [-0.2, -0.15) is 0 Å². The van der Waals surface area contributed by atoms with Gasteiger partial charge in [-0.1, -0.05) is 0 Å². The fourth-order valence-electron chi connectivity index (χ4n) is 0.302. The van der Waals surface area contributed by atoms with Crippen LogP contribution in [-0.2, 0) is 8.85 Å². The van der Waals surface area contributed by atoms with Gasteiger partial charge in [-0.25, -0.2) is 0 Å². The first-order valence-electron chi connectivity index (χ1n) is 2.36. The summed E-state index contributed by atoms with van der Waals surface area (Å²) in [5.41, 5.74) is 0. The normalized spacial score (nSPS) is 13.1. The summed E-state index contributed by atoms with van der Waals surface area (Å²) in [6.07, 6.45) is 0. The van der Waals surface area contributed by atoms with Crippen LogP contribution in [0.4, 0.5) is 0 Å². The molecule has 0 fully saturated rings. The van der Waals surface area contributed by atoms with Gasteiger partial charge in [-0.15, -0.1) is 0 Å². The Labute approximate surface area is 62.0 Å². The summed E-state index contributed by atoms with van der Waals surface area (Å²) in [6, 6.07) is 0. The van der Waals surface area contributed by atoms with Crippen LogP contribution >= 0.6 is 0 Å². The summed E-state index contributed by atoms with van der Waals surface area (Å²) >= 11 is 0. The van der Waals surface area contributed by atoms with Crippen LogP contribution in [0.2, 0.25) is 0 Å². The Hall–Kier alpha value is -0.103. The van der Waals surface area contributed by atoms with Crippen molar-refractivity contribution < 1.29 is 38.9 Å². The predicted octanol–water partition coefficient (Wildman–Crippen LogP) is -4.02. The molecule has 9 heteroatoms. The molecule has 0 saturated heterocycles. The van der Waals surface area contributed by atoms with Gasteiger partial charge >= 0.3 is 9.05 Å². The second-order valence-corrected chi connectivity index (χ2v) is 3.01. The minimum atomic E-state index is -4.83. The number of aliphatic hydroxyl groups is 4. The van der Waals surface area contributed by atoms with Crippen LogP contribution in [-0.4, -0.2) is 52.0 Å². The highest BCUT2D eigenvalue weighted by atomic mass is 28.4. The molecule has 0 atom stereocenters. The van der Waals surface area contributed by atoms with Crippen LogP contribution in [0, 0.1) is 0 Å². The van der Waals surface area contributed by atoms with E-state index in [9.17, 15) is 0 Å². The molecule has 0 unspecified atom stereocenters. The maximum absolute atomic E-state index is 8.47. The Morgan fingerprint density at radius 2 is 1.09 bits per heavy atom. The van der Waals surface area contributed by atoms with Crippen molar-refractivity contribution >= 4 is 9.05 Å². The molecule has 0 aliphatic carbocycles. The van der Waals surface area contributed by atoms with Crippen molar-refractivity contribution in [3.05, 3.63) is 0 Å². The van der Waals surface area contributed by atoms with Crippen LogP contribution < -0.4 is 0 Å². The summed E-state index contributed by atoms with van der Waals surface area (Å²) in [6.45, 7) is -4.90. The van der Waals surface area contributed by atoms with Crippen molar-refractivity contribution in [2.45, 2.75) is 13.0 Å². The van der Waals surface area contributed by atoms with Gasteiger partial charge in [0, 0.05) is 0 Å². The largest absolute Gasteiger partial charge is 0.681 e. The molecule has 8 nitrogen and oxygen atoms in total. The Morgan fingerprint density at radius 3 is 1.27 bits per heavy atom. The van der Waals surface area contributed by atoms with Gasteiger partial charge in [0.15, 0.2) is 0 Å². The Bertz CT molecular complexity index is 98.7. The van der Waals surface area contributed by atoms with Crippen molar-refractivity contribution in [2.75, 3.05) is 0 Å². The van der Waals surface area contributed by atoms with Crippen LogP contribution in [0.1, 0.15) is 0 Å². The first-order valence-corrected chi connectivity index (χ1v) is 4.07. The summed E-state index contributed by atoms with van der Waals surface area (Å²) in [4.78, 5) is 16.9. The lowest BCUT2D eigenvalue weighted by molar-refractivity contribution is -0.259. The average molecular weight is 188 g/mol. The zero-order valence-corrected chi connectivity index (χ0v) is 6.15. The van der Waals surface area contributed by atoms with Crippen molar-refractivity contribution in [3.63, 3.8) is 0 Å². The number of hydrogen-bond acceptors (Lipinski definition) is 8. The first kappa shape index (κ1) is 10.9. The van der Waals surface area contributed by atoms with Crippen molar-refractivity contribution in [3.8, 4) is 0 Å². The van der Waals surface area contributed by atoms with Gasteiger partial charge in [0.05, 0.1) is 0 Å². The zero-order valence-electron chi connectivity index (χ0n) is 5.15. The van der Waals surface area contributed by atoms with E-state index in [4.69, 9.17) is 30.0 Å². The molecule has 0 aliphatic rings. The number of aliphatic hydroxyl groups excluding tert-OH is 2. The minimum Gasteiger partial charge on any atom is -0.367 e. The van der Waals surface area contributed by atoms with Gasteiger partial charge in [0.1, 0.15) is 0 Å². The molecule has 0 bridgehead atoms. The quantitative estimate of drug-likeness (QED) is 0.193. The number of rotatable bonds is 4. The second-order valence-electron chi connectivity index (χ2n) is 1.44. The summed E-state index contributed by atoms with van der Waals surface area (Å²) < 4.78 is 7.13. The van der Waals surface area contributed by atoms with Gasteiger partial charge in [0.25, 0.3) is 13.0 Å². The highest BCUT2D eigenvalue weighted by Gasteiger charge is 2.41. The second kappa shape index (κ2) is 4.06. The molecule has 68 valence electrons. The van der Waals surface area contributed by atoms with Gasteiger partial charge in [0.2, 0.25) is 0 Å². The monoisotopic (exact) mass is 188 g/mol. The highest BCUT2D eigenvalue weighted by molar-refractivity contribution is 6.50. The third-order valence-corrected chi connectivity index (χ3v) is 1.55. The van der Waals surface area contributed by atoms with Crippen LogP contribution in [0.15, 0.2) is 0 Å². The molecule has 0 spiro atoms. The fourth-order valence-corrected chi connectivity index (χ4v) is 0.907. The zero-order chi connectivity index (χ0) is 9.07. The fraction of sp³-hybridized carbons (Fsp3) is 1.00. The molecule has 0 amide bonds. The molecule has 0 aromatic carbocycles. The van der Waals surface area contributed by atoms with Crippen molar-refractivity contribution in [2.24, 2.45) is 0 Å².